The number of phenolic OH excluding ortho intramolecular Hbond substituents is 1. The summed E-state index contributed by atoms with van der Waals surface area (Å²) in [5.41, 5.74) is 23.3. The molecule has 3 amide bonds. The fourth-order valence-corrected chi connectivity index (χ4v) is 4.05. The Morgan fingerprint density at radius 2 is 1.10 bits per heavy atom. The van der Waals surface area contributed by atoms with Crippen molar-refractivity contribution in [3.05, 3.63) is 29.8 Å². The molecule has 0 saturated carbocycles. The van der Waals surface area contributed by atoms with Crippen LogP contribution in [0, 0.1) is 0 Å². The number of nitrogens with one attached hydrogen (secondary N) is 3. The number of carbonyl (C=O) groups excluding carboxylic acids is 3. The van der Waals surface area contributed by atoms with Crippen molar-refractivity contribution in [3.63, 3.8) is 0 Å². The first kappa shape index (κ1) is 34.8. The molecule has 1 aromatic rings. The Balaban J connectivity index is 3.08. The second-order valence-electron chi connectivity index (χ2n) is 9.85. The van der Waals surface area contributed by atoms with Gasteiger partial charge < -0.3 is 49.1 Å². The summed E-state index contributed by atoms with van der Waals surface area (Å²) in [6.45, 7) is 1.27. The minimum atomic E-state index is -1.18. The Bertz CT molecular complexity index is 915. The van der Waals surface area contributed by atoms with Crippen molar-refractivity contribution in [1.82, 2.24) is 16.0 Å². The van der Waals surface area contributed by atoms with Gasteiger partial charge in [-0.1, -0.05) is 18.6 Å². The van der Waals surface area contributed by atoms with Gasteiger partial charge in [0.05, 0.1) is 6.04 Å². The van der Waals surface area contributed by atoms with E-state index in [2.05, 4.69) is 16.0 Å². The zero-order chi connectivity index (χ0) is 29.9. The number of aromatic hydroxyl groups is 1. The van der Waals surface area contributed by atoms with Gasteiger partial charge in [0, 0.05) is 6.42 Å². The summed E-state index contributed by atoms with van der Waals surface area (Å²) in [6.07, 6.45) is 4.49. The summed E-state index contributed by atoms with van der Waals surface area (Å²) in [7, 11) is 0. The highest BCUT2D eigenvalue weighted by Crippen LogP contribution is 2.13. The first-order valence-electron chi connectivity index (χ1n) is 13.9. The third-order valence-electron chi connectivity index (χ3n) is 6.46. The fraction of sp³-hybridized carbons (Fsp3) is 0.630. The van der Waals surface area contributed by atoms with E-state index in [1.807, 2.05) is 0 Å². The second kappa shape index (κ2) is 19.7. The number of aliphatic carboxylic acids is 1. The summed E-state index contributed by atoms with van der Waals surface area (Å²) >= 11 is 0. The molecule has 0 fully saturated rings. The first-order valence-corrected chi connectivity index (χ1v) is 13.9. The highest BCUT2D eigenvalue weighted by Gasteiger charge is 2.30. The quantitative estimate of drug-likeness (QED) is 0.0838. The van der Waals surface area contributed by atoms with Crippen molar-refractivity contribution in [1.29, 1.82) is 0 Å². The summed E-state index contributed by atoms with van der Waals surface area (Å²) in [6, 6.07) is 2.05. The van der Waals surface area contributed by atoms with Gasteiger partial charge in [0.25, 0.3) is 0 Å². The minimum absolute atomic E-state index is 0.0480. The zero-order valence-corrected chi connectivity index (χ0v) is 23.1. The SMILES string of the molecule is NCCCC[C@H](NC(=O)[C@H](CCCCN)NC(=O)[C@H](Cc1ccc(O)cc1)NC(=O)[C@@H](N)CCCCN)C(=O)O. The van der Waals surface area contributed by atoms with Gasteiger partial charge in [0.15, 0.2) is 0 Å². The maximum absolute atomic E-state index is 13.4. The molecule has 226 valence electrons. The lowest BCUT2D eigenvalue weighted by molar-refractivity contribution is -0.142. The summed E-state index contributed by atoms with van der Waals surface area (Å²) in [5.74, 6) is -2.92. The van der Waals surface area contributed by atoms with E-state index in [1.54, 1.807) is 12.1 Å². The molecule has 1 rings (SSSR count). The van der Waals surface area contributed by atoms with E-state index >= 15 is 0 Å². The smallest absolute Gasteiger partial charge is 0.326 e. The molecule has 0 aromatic heterocycles. The van der Waals surface area contributed by atoms with Gasteiger partial charge in [0.2, 0.25) is 17.7 Å². The summed E-state index contributed by atoms with van der Waals surface area (Å²) in [4.78, 5) is 51.1. The lowest BCUT2D eigenvalue weighted by atomic mass is 10.0. The van der Waals surface area contributed by atoms with Crippen molar-refractivity contribution >= 4 is 23.7 Å². The van der Waals surface area contributed by atoms with E-state index in [0.29, 0.717) is 70.1 Å². The minimum Gasteiger partial charge on any atom is -0.508 e. The maximum atomic E-state index is 13.4. The van der Waals surface area contributed by atoms with Crippen LogP contribution in [0.5, 0.6) is 5.75 Å². The summed E-state index contributed by atoms with van der Waals surface area (Å²) in [5, 5.41) is 27.1. The highest BCUT2D eigenvalue weighted by molar-refractivity contribution is 5.94. The molecule has 0 unspecified atom stereocenters. The highest BCUT2D eigenvalue weighted by atomic mass is 16.4. The average molecular weight is 566 g/mol. The van der Waals surface area contributed by atoms with Crippen molar-refractivity contribution in [2.45, 2.75) is 88.4 Å². The zero-order valence-electron chi connectivity index (χ0n) is 23.1. The van der Waals surface area contributed by atoms with Gasteiger partial charge >= 0.3 is 5.97 Å². The molecule has 0 radical (unpaired) electrons. The van der Waals surface area contributed by atoms with Crippen molar-refractivity contribution in [3.8, 4) is 5.75 Å². The number of hydrogen-bond donors (Lipinski definition) is 9. The Morgan fingerprint density at radius 3 is 1.62 bits per heavy atom. The van der Waals surface area contributed by atoms with Crippen LogP contribution in [-0.4, -0.2) is 77.7 Å². The van der Waals surface area contributed by atoms with E-state index in [0.717, 1.165) is 0 Å². The molecule has 0 aliphatic rings. The largest absolute Gasteiger partial charge is 0.508 e. The van der Waals surface area contributed by atoms with Crippen LogP contribution in [0.15, 0.2) is 24.3 Å². The Hall–Kier alpha value is -3.26. The van der Waals surface area contributed by atoms with E-state index in [-0.39, 0.29) is 25.0 Å². The van der Waals surface area contributed by atoms with Gasteiger partial charge in [-0.2, -0.15) is 0 Å². The van der Waals surface area contributed by atoms with Crippen LogP contribution in [0.2, 0.25) is 0 Å². The van der Waals surface area contributed by atoms with Gasteiger partial charge in [-0.05, 0) is 88.7 Å². The van der Waals surface area contributed by atoms with E-state index < -0.39 is 47.9 Å². The van der Waals surface area contributed by atoms with Crippen LogP contribution < -0.4 is 38.9 Å². The third kappa shape index (κ3) is 13.7. The van der Waals surface area contributed by atoms with Crippen LogP contribution >= 0.6 is 0 Å². The number of nitrogens with two attached hydrogens (primary N) is 4. The number of amides is 3. The Morgan fingerprint density at radius 1 is 0.650 bits per heavy atom. The predicted octanol–water partition coefficient (Wildman–Crippen LogP) is -0.812. The van der Waals surface area contributed by atoms with Gasteiger partial charge in [-0.3, -0.25) is 14.4 Å². The van der Waals surface area contributed by atoms with E-state index in [4.69, 9.17) is 22.9 Å². The van der Waals surface area contributed by atoms with E-state index in [1.165, 1.54) is 12.1 Å². The number of hydrogen-bond acceptors (Lipinski definition) is 9. The lowest BCUT2D eigenvalue weighted by Gasteiger charge is -2.25. The van der Waals surface area contributed by atoms with Gasteiger partial charge in [0.1, 0.15) is 23.9 Å². The van der Waals surface area contributed by atoms with Crippen LogP contribution in [0.25, 0.3) is 0 Å². The van der Waals surface area contributed by atoms with Crippen molar-refractivity contribution in [2.24, 2.45) is 22.9 Å². The lowest BCUT2D eigenvalue weighted by Crippen LogP contribution is -2.57. The first-order chi connectivity index (χ1) is 19.1. The predicted molar refractivity (Wildman–Crippen MR) is 152 cm³/mol. The van der Waals surface area contributed by atoms with Gasteiger partial charge in [-0.15, -0.1) is 0 Å². The molecule has 0 spiro atoms. The van der Waals surface area contributed by atoms with Crippen LogP contribution in [0.1, 0.15) is 63.4 Å². The van der Waals surface area contributed by atoms with Gasteiger partial charge in [-0.25, -0.2) is 4.79 Å². The molecule has 4 atom stereocenters. The van der Waals surface area contributed by atoms with Crippen LogP contribution in [0.3, 0.4) is 0 Å². The van der Waals surface area contributed by atoms with Crippen LogP contribution in [0.4, 0.5) is 0 Å². The van der Waals surface area contributed by atoms with Crippen LogP contribution in [-0.2, 0) is 25.6 Å². The molecular formula is C27H47N7O6. The standard InChI is InChI=1S/C27H47N7O6/c28-14-4-1-7-20(31)24(36)34-23(17-18-10-12-19(35)13-11-18)26(38)32-21(8-2-5-15-29)25(37)33-22(27(39)40)9-3-6-16-30/h10-13,20-23,35H,1-9,14-17,28-31H2,(H,32,38)(H,33,37)(H,34,36)(H,39,40)/t20-,21-,22-,23-/m0/s1. The molecule has 0 aliphatic heterocycles. The normalized spacial score (nSPS) is 14.0. The summed E-state index contributed by atoms with van der Waals surface area (Å²) < 4.78 is 0. The average Bonchev–Trinajstić information content (AvgIpc) is 2.92. The molecule has 0 heterocycles. The number of carboxylic acid groups (broad SMARTS) is 1. The number of carbonyl (C=O) groups is 4. The molecule has 13 heteroatoms. The number of rotatable bonds is 21. The maximum Gasteiger partial charge on any atom is 0.326 e. The second-order valence-corrected chi connectivity index (χ2v) is 9.85. The van der Waals surface area contributed by atoms with Crippen molar-refractivity contribution < 1.29 is 29.4 Å². The number of benzene rings is 1. The monoisotopic (exact) mass is 565 g/mol. The Kier molecular flexibility index (Phi) is 17.2. The molecule has 1 aromatic carbocycles. The number of unbranched alkanes of at least 4 members (excludes halogenated alkanes) is 3. The molecule has 0 bridgehead atoms. The molecule has 0 saturated heterocycles. The third-order valence-corrected chi connectivity index (χ3v) is 6.46. The molecule has 40 heavy (non-hydrogen) atoms. The fourth-order valence-electron chi connectivity index (χ4n) is 4.05. The van der Waals surface area contributed by atoms with E-state index in [9.17, 15) is 29.4 Å². The molecule has 13 nitrogen and oxygen atoms in total. The Labute approximate surface area is 235 Å². The topological polar surface area (TPSA) is 249 Å². The number of phenols is 1. The molecule has 13 N–H and O–H groups in total. The number of carboxylic acids is 1. The molecule has 0 aliphatic carbocycles. The van der Waals surface area contributed by atoms with Crippen molar-refractivity contribution in [2.75, 3.05) is 19.6 Å². The molecular weight excluding hydrogens is 518 g/mol.